The molecule has 0 aliphatic carbocycles. The first-order chi connectivity index (χ1) is 8.84. The van der Waals surface area contributed by atoms with Gasteiger partial charge in [0.1, 0.15) is 11.8 Å². The molecule has 0 heterocycles. The summed E-state index contributed by atoms with van der Waals surface area (Å²) in [6.07, 6.45) is 0. The Morgan fingerprint density at radius 1 is 1.50 bits per heavy atom. The molecule has 1 aromatic rings. The van der Waals surface area contributed by atoms with Gasteiger partial charge in [-0.15, -0.1) is 12.4 Å². The summed E-state index contributed by atoms with van der Waals surface area (Å²) in [6.45, 7) is 1.32. The van der Waals surface area contributed by atoms with Crippen molar-refractivity contribution in [1.29, 1.82) is 0 Å². The van der Waals surface area contributed by atoms with Crippen molar-refractivity contribution in [2.24, 2.45) is 5.73 Å². The van der Waals surface area contributed by atoms with Crippen LogP contribution in [0.5, 0.6) is 5.75 Å². The second kappa shape index (κ2) is 7.75. The van der Waals surface area contributed by atoms with Gasteiger partial charge in [-0.1, -0.05) is 6.07 Å². The summed E-state index contributed by atoms with van der Waals surface area (Å²) >= 11 is 3.17. The molecule has 0 aliphatic rings. The number of alkyl halides is 2. The first-order valence-corrected chi connectivity index (χ1v) is 6.28. The highest BCUT2D eigenvalue weighted by atomic mass is 79.9. The van der Waals surface area contributed by atoms with Gasteiger partial charge in [-0.3, -0.25) is 0 Å². The Hall–Kier alpha value is -0.920. The van der Waals surface area contributed by atoms with Crippen molar-refractivity contribution < 1.29 is 23.0 Å². The number of carbonyl (C=O) groups excluding carboxylic acids is 1. The zero-order chi connectivity index (χ0) is 14.6. The summed E-state index contributed by atoms with van der Waals surface area (Å²) < 4.78 is 37.3. The molecule has 0 saturated heterocycles. The number of esters is 1. The van der Waals surface area contributed by atoms with E-state index >= 15 is 0 Å². The fourth-order valence-corrected chi connectivity index (χ4v) is 2.00. The lowest BCUT2D eigenvalue weighted by atomic mass is 10.0. The largest absolute Gasteiger partial charge is 0.496 e. The smallest absolute Gasteiger partial charge is 0.379 e. The van der Waals surface area contributed by atoms with Crippen molar-refractivity contribution in [3.63, 3.8) is 0 Å². The summed E-state index contributed by atoms with van der Waals surface area (Å²) in [5.74, 6) is -4.94. The standard InChI is InChI=1S/C12H14BrF2NO3.ClH/c1-3-19-11(17)12(14,15)10(16)7-4-5-9(18-2)8(13)6-7;/h4-6,10H,3,16H2,1-2H3;1H/t10-;/m0./s1. The van der Waals surface area contributed by atoms with E-state index in [1.807, 2.05) is 0 Å². The highest BCUT2D eigenvalue weighted by Gasteiger charge is 2.47. The molecule has 0 radical (unpaired) electrons. The maximum absolute atomic E-state index is 13.8. The van der Waals surface area contributed by atoms with Crippen LogP contribution in [0.2, 0.25) is 0 Å². The minimum absolute atomic E-state index is 0. The predicted molar refractivity (Wildman–Crippen MR) is 76.5 cm³/mol. The lowest BCUT2D eigenvalue weighted by molar-refractivity contribution is -0.174. The quantitative estimate of drug-likeness (QED) is 0.805. The maximum Gasteiger partial charge on any atom is 0.379 e. The normalized spacial score (nSPS) is 12.3. The Bertz CT molecular complexity index is 474. The van der Waals surface area contributed by atoms with Crippen LogP contribution < -0.4 is 10.5 Å². The van der Waals surface area contributed by atoms with Gasteiger partial charge in [0.25, 0.3) is 0 Å². The Morgan fingerprint density at radius 2 is 2.10 bits per heavy atom. The van der Waals surface area contributed by atoms with Crippen molar-refractivity contribution in [3.05, 3.63) is 28.2 Å². The number of methoxy groups -OCH3 is 1. The number of hydrogen-bond donors (Lipinski definition) is 1. The molecule has 1 aromatic carbocycles. The molecule has 8 heteroatoms. The molecule has 0 bridgehead atoms. The summed E-state index contributed by atoms with van der Waals surface area (Å²) in [5.41, 5.74) is 5.55. The van der Waals surface area contributed by atoms with Crippen LogP contribution in [0, 0.1) is 0 Å². The Kier molecular flexibility index (Phi) is 7.40. The van der Waals surface area contributed by atoms with E-state index in [4.69, 9.17) is 10.5 Å². The minimum Gasteiger partial charge on any atom is -0.496 e. The number of hydrogen-bond acceptors (Lipinski definition) is 4. The van der Waals surface area contributed by atoms with Crippen molar-refractivity contribution in [3.8, 4) is 5.75 Å². The first-order valence-electron chi connectivity index (χ1n) is 5.48. The molecule has 0 spiro atoms. The fraction of sp³-hybridized carbons (Fsp3) is 0.417. The van der Waals surface area contributed by atoms with Crippen LogP contribution >= 0.6 is 28.3 Å². The maximum atomic E-state index is 13.8. The van der Waals surface area contributed by atoms with E-state index < -0.39 is 17.9 Å². The molecular weight excluding hydrogens is 359 g/mol. The van der Waals surface area contributed by atoms with Gasteiger partial charge in [0.15, 0.2) is 0 Å². The molecule has 0 amide bonds. The fourth-order valence-electron chi connectivity index (χ4n) is 1.44. The molecule has 0 saturated carbocycles. The third kappa shape index (κ3) is 4.04. The van der Waals surface area contributed by atoms with E-state index in [-0.39, 0.29) is 24.6 Å². The van der Waals surface area contributed by atoms with Crippen molar-refractivity contribution in [1.82, 2.24) is 0 Å². The number of nitrogens with two attached hydrogens (primary N) is 1. The SMILES string of the molecule is CCOC(=O)C(F)(F)[C@@H](N)c1ccc(OC)c(Br)c1.Cl. The van der Waals surface area contributed by atoms with E-state index in [9.17, 15) is 13.6 Å². The Labute approximate surface area is 130 Å². The van der Waals surface area contributed by atoms with Crippen molar-refractivity contribution >= 4 is 34.3 Å². The van der Waals surface area contributed by atoms with Crippen LogP contribution in [-0.4, -0.2) is 25.6 Å². The van der Waals surface area contributed by atoms with Crippen LogP contribution in [0.25, 0.3) is 0 Å². The van der Waals surface area contributed by atoms with Gasteiger partial charge in [0.05, 0.1) is 18.2 Å². The molecule has 4 nitrogen and oxygen atoms in total. The average Bonchev–Trinajstić information content (AvgIpc) is 2.37. The third-order valence-corrected chi connectivity index (χ3v) is 3.09. The summed E-state index contributed by atoms with van der Waals surface area (Å²) in [5, 5.41) is 0. The lowest BCUT2D eigenvalue weighted by Gasteiger charge is -2.22. The lowest BCUT2D eigenvalue weighted by Crippen LogP contribution is -2.41. The average molecular weight is 375 g/mol. The molecule has 114 valence electrons. The predicted octanol–water partition coefficient (Wildman–Crippen LogP) is 3.08. The summed E-state index contributed by atoms with van der Waals surface area (Å²) in [7, 11) is 1.45. The number of carbonyl (C=O) groups is 1. The molecule has 0 aliphatic heterocycles. The van der Waals surface area contributed by atoms with E-state index in [1.54, 1.807) is 0 Å². The highest BCUT2D eigenvalue weighted by molar-refractivity contribution is 9.10. The number of halogens is 4. The van der Waals surface area contributed by atoms with Crippen molar-refractivity contribution in [2.45, 2.75) is 18.9 Å². The zero-order valence-electron chi connectivity index (χ0n) is 10.9. The van der Waals surface area contributed by atoms with Crippen LogP contribution in [-0.2, 0) is 9.53 Å². The summed E-state index contributed by atoms with van der Waals surface area (Å²) in [4.78, 5) is 11.2. The monoisotopic (exact) mass is 373 g/mol. The van der Waals surface area contributed by atoms with Gasteiger partial charge in [-0.05, 0) is 40.5 Å². The molecule has 20 heavy (non-hydrogen) atoms. The van der Waals surface area contributed by atoms with Crippen molar-refractivity contribution in [2.75, 3.05) is 13.7 Å². The van der Waals surface area contributed by atoms with Gasteiger partial charge in [-0.25, -0.2) is 4.79 Å². The van der Waals surface area contributed by atoms with Crippen LogP contribution in [0.4, 0.5) is 8.78 Å². The number of rotatable bonds is 5. The van der Waals surface area contributed by atoms with E-state index in [2.05, 4.69) is 20.7 Å². The Balaban J connectivity index is 0.00000361. The van der Waals surface area contributed by atoms with Gasteiger partial charge in [-0.2, -0.15) is 8.78 Å². The molecule has 0 aromatic heterocycles. The van der Waals surface area contributed by atoms with E-state index in [0.717, 1.165) is 0 Å². The van der Waals surface area contributed by atoms with Gasteiger partial charge in [0.2, 0.25) is 0 Å². The highest BCUT2D eigenvalue weighted by Crippen LogP contribution is 2.34. The van der Waals surface area contributed by atoms with E-state index in [0.29, 0.717) is 10.2 Å². The molecule has 1 rings (SSSR count). The zero-order valence-corrected chi connectivity index (χ0v) is 13.3. The minimum atomic E-state index is -3.79. The van der Waals surface area contributed by atoms with E-state index in [1.165, 1.54) is 32.2 Å². The molecular formula is C12H15BrClF2NO3. The topological polar surface area (TPSA) is 61.5 Å². The number of benzene rings is 1. The van der Waals surface area contributed by atoms with Gasteiger partial charge in [0, 0.05) is 0 Å². The number of ether oxygens (including phenoxy) is 2. The van der Waals surface area contributed by atoms with Gasteiger partial charge < -0.3 is 15.2 Å². The van der Waals surface area contributed by atoms with Crippen LogP contribution in [0.15, 0.2) is 22.7 Å². The van der Waals surface area contributed by atoms with Crippen LogP contribution in [0.1, 0.15) is 18.5 Å². The second-order valence-electron chi connectivity index (χ2n) is 3.72. The molecule has 0 fully saturated rings. The first kappa shape index (κ1) is 19.1. The van der Waals surface area contributed by atoms with Crippen LogP contribution in [0.3, 0.4) is 0 Å². The molecule has 1 atom stereocenters. The third-order valence-electron chi connectivity index (χ3n) is 2.47. The second-order valence-corrected chi connectivity index (χ2v) is 4.57. The Morgan fingerprint density at radius 3 is 2.55 bits per heavy atom. The summed E-state index contributed by atoms with van der Waals surface area (Å²) in [6, 6.07) is 2.46. The van der Waals surface area contributed by atoms with Gasteiger partial charge >= 0.3 is 11.9 Å². The molecule has 0 unspecified atom stereocenters. The molecule has 2 N–H and O–H groups in total.